The maximum absolute atomic E-state index is 12.6. The Kier molecular flexibility index (Phi) is 6.62. The van der Waals surface area contributed by atoms with E-state index in [2.05, 4.69) is 10.3 Å². The van der Waals surface area contributed by atoms with Gasteiger partial charge in [-0.25, -0.2) is 4.98 Å². The van der Waals surface area contributed by atoms with Crippen molar-refractivity contribution in [3.63, 3.8) is 0 Å². The third-order valence-corrected chi connectivity index (χ3v) is 6.63. The molecule has 0 aliphatic carbocycles. The largest absolute Gasteiger partial charge is 0.459 e. The molecule has 5 rings (SSSR count). The van der Waals surface area contributed by atoms with Crippen molar-refractivity contribution in [2.75, 3.05) is 18.2 Å². The number of esters is 1. The Bertz CT molecular complexity index is 1250. The Labute approximate surface area is 205 Å². The van der Waals surface area contributed by atoms with Crippen LogP contribution in [0.5, 0.6) is 11.5 Å². The van der Waals surface area contributed by atoms with Crippen LogP contribution in [0.2, 0.25) is 0 Å². The summed E-state index contributed by atoms with van der Waals surface area (Å²) in [5, 5.41) is 5.29. The minimum Gasteiger partial charge on any atom is -0.459 e. The van der Waals surface area contributed by atoms with Crippen LogP contribution < -0.4 is 19.7 Å². The zero-order valence-electron chi connectivity index (χ0n) is 18.8. The molecule has 1 saturated heterocycles. The van der Waals surface area contributed by atoms with Gasteiger partial charge < -0.3 is 24.4 Å². The Balaban J connectivity index is 1.09. The van der Waals surface area contributed by atoms with Crippen molar-refractivity contribution in [1.29, 1.82) is 0 Å². The highest BCUT2D eigenvalue weighted by molar-refractivity contribution is 7.09. The lowest BCUT2D eigenvalue weighted by Crippen LogP contribution is -2.26. The molecule has 3 aromatic rings. The van der Waals surface area contributed by atoms with Gasteiger partial charge in [-0.15, -0.1) is 11.3 Å². The van der Waals surface area contributed by atoms with Crippen molar-refractivity contribution in [3.05, 3.63) is 70.2 Å². The van der Waals surface area contributed by atoms with Crippen LogP contribution in [0.1, 0.15) is 22.7 Å². The predicted molar refractivity (Wildman–Crippen MR) is 127 cm³/mol. The Hall–Kier alpha value is -3.92. The Morgan fingerprint density at radius 3 is 2.83 bits per heavy atom. The zero-order chi connectivity index (χ0) is 24.2. The highest BCUT2D eigenvalue weighted by Crippen LogP contribution is 2.37. The molecule has 1 N–H and O–H groups in total. The second-order valence-electron chi connectivity index (χ2n) is 8.22. The summed E-state index contributed by atoms with van der Waals surface area (Å²) in [7, 11) is 0. The van der Waals surface area contributed by atoms with Crippen molar-refractivity contribution in [3.8, 4) is 11.5 Å². The second-order valence-corrected chi connectivity index (χ2v) is 9.17. The summed E-state index contributed by atoms with van der Waals surface area (Å²) in [5.41, 5.74) is 2.26. The minimum atomic E-state index is -0.560. The number of aromatic nitrogens is 1. The molecule has 180 valence electrons. The van der Waals surface area contributed by atoms with Crippen LogP contribution in [-0.2, 0) is 38.7 Å². The van der Waals surface area contributed by atoms with Crippen LogP contribution in [0.15, 0.2) is 53.9 Å². The number of nitrogens with zero attached hydrogens (tertiary/aromatic N) is 2. The molecule has 0 saturated carbocycles. The van der Waals surface area contributed by atoms with E-state index >= 15 is 0 Å². The molecule has 9 nitrogen and oxygen atoms in total. The Morgan fingerprint density at radius 1 is 1.14 bits per heavy atom. The van der Waals surface area contributed by atoms with E-state index in [1.165, 1.54) is 11.3 Å². The molecule has 1 aromatic heterocycles. The topological polar surface area (TPSA) is 107 Å². The molecule has 0 bridgehead atoms. The van der Waals surface area contributed by atoms with Crippen molar-refractivity contribution in [2.45, 2.75) is 26.0 Å². The molecule has 0 spiro atoms. The first-order valence-electron chi connectivity index (χ1n) is 11.2. The van der Waals surface area contributed by atoms with Crippen LogP contribution >= 0.6 is 11.3 Å². The number of nitrogens with one attached hydrogen (secondary N) is 1. The van der Waals surface area contributed by atoms with Gasteiger partial charge in [-0.05, 0) is 17.7 Å². The van der Waals surface area contributed by atoms with Crippen molar-refractivity contribution < 1.29 is 28.6 Å². The van der Waals surface area contributed by atoms with Gasteiger partial charge >= 0.3 is 5.97 Å². The van der Waals surface area contributed by atoms with Crippen LogP contribution in [-0.4, -0.2) is 36.1 Å². The smallest absolute Gasteiger partial charge is 0.311 e. The molecule has 0 unspecified atom stereocenters. The predicted octanol–water partition coefficient (Wildman–Crippen LogP) is 2.83. The maximum Gasteiger partial charge on any atom is 0.311 e. The molecule has 1 fully saturated rings. The average Bonchev–Trinajstić information content (AvgIpc) is 3.61. The molecular weight excluding hydrogens is 470 g/mol. The first-order chi connectivity index (χ1) is 17.0. The van der Waals surface area contributed by atoms with Crippen LogP contribution in [0.25, 0.3) is 0 Å². The molecule has 2 amide bonds. The van der Waals surface area contributed by atoms with E-state index in [0.717, 1.165) is 5.56 Å². The van der Waals surface area contributed by atoms with E-state index in [9.17, 15) is 14.4 Å². The van der Waals surface area contributed by atoms with E-state index < -0.39 is 11.9 Å². The average molecular weight is 494 g/mol. The van der Waals surface area contributed by atoms with E-state index in [1.54, 1.807) is 28.5 Å². The Morgan fingerprint density at radius 2 is 1.97 bits per heavy atom. The first kappa shape index (κ1) is 22.9. The number of benzene rings is 2. The summed E-state index contributed by atoms with van der Waals surface area (Å²) in [4.78, 5) is 43.3. The van der Waals surface area contributed by atoms with Crippen molar-refractivity contribution >= 4 is 34.8 Å². The van der Waals surface area contributed by atoms with Gasteiger partial charge in [0.2, 0.25) is 18.6 Å². The van der Waals surface area contributed by atoms with Crippen molar-refractivity contribution in [2.24, 2.45) is 5.92 Å². The lowest BCUT2D eigenvalue weighted by Gasteiger charge is -2.16. The monoisotopic (exact) mass is 493 g/mol. The molecule has 2 aliphatic rings. The highest BCUT2D eigenvalue weighted by Gasteiger charge is 2.36. The fraction of sp³-hybridized carbons (Fsp3) is 0.280. The summed E-state index contributed by atoms with van der Waals surface area (Å²) in [5.74, 6) is -0.0725. The summed E-state index contributed by atoms with van der Waals surface area (Å²) in [6.45, 7) is 0.841. The number of anilines is 1. The van der Waals surface area contributed by atoms with Gasteiger partial charge in [0.15, 0.2) is 11.5 Å². The van der Waals surface area contributed by atoms with Gasteiger partial charge in [0.05, 0.1) is 18.0 Å². The number of carbonyl (C=O) groups is 3. The summed E-state index contributed by atoms with van der Waals surface area (Å²) >= 11 is 1.34. The van der Waals surface area contributed by atoms with E-state index in [-0.39, 0.29) is 44.6 Å². The number of thiazole rings is 1. The fourth-order valence-electron chi connectivity index (χ4n) is 3.92. The number of rotatable bonds is 8. The number of hydrogen-bond donors (Lipinski definition) is 1. The SMILES string of the molecule is O=C(Cc1nc(COC(=O)[C@@H]2CC(=O)N(c3ccc4c(c3)OCO4)C2)cs1)NCc1ccccc1. The normalized spacial score (nSPS) is 16.4. The number of amides is 2. The number of carbonyl (C=O) groups excluding carboxylic acids is 3. The number of ether oxygens (including phenoxy) is 3. The third-order valence-electron chi connectivity index (χ3n) is 5.73. The molecule has 0 radical (unpaired) electrons. The number of fused-ring (bicyclic) bond motifs is 1. The lowest BCUT2D eigenvalue weighted by molar-refractivity contribution is -0.149. The molecule has 35 heavy (non-hydrogen) atoms. The third kappa shape index (κ3) is 5.43. The number of hydrogen-bond acceptors (Lipinski definition) is 8. The van der Waals surface area contributed by atoms with Gasteiger partial charge in [-0.3, -0.25) is 14.4 Å². The maximum atomic E-state index is 12.6. The summed E-state index contributed by atoms with van der Waals surface area (Å²) < 4.78 is 16.1. The van der Waals surface area contributed by atoms with Crippen LogP contribution in [0.4, 0.5) is 5.69 Å². The van der Waals surface area contributed by atoms with Gasteiger partial charge in [-0.1, -0.05) is 30.3 Å². The fourth-order valence-corrected chi connectivity index (χ4v) is 4.70. The quantitative estimate of drug-likeness (QED) is 0.481. The molecule has 10 heteroatoms. The lowest BCUT2D eigenvalue weighted by atomic mass is 10.1. The standard InChI is InChI=1S/C25H23N3O6S/c29-22(26-11-16-4-2-1-3-5-16)10-23-27-18(14-35-23)13-32-25(31)17-8-24(30)28(12-17)19-6-7-20-21(9-19)34-15-33-20/h1-7,9,14,17H,8,10-13,15H2,(H,26,29)/t17-/m1/s1. The van der Waals surface area contributed by atoms with E-state index in [4.69, 9.17) is 14.2 Å². The van der Waals surface area contributed by atoms with Gasteiger partial charge in [0.1, 0.15) is 11.6 Å². The van der Waals surface area contributed by atoms with Crippen molar-refractivity contribution in [1.82, 2.24) is 10.3 Å². The summed E-state index contributed by atoms with van der Waals surface area (Å²) in [6, 6.07) is 14.9. The van der Waals surface area contributed by atoms with Crippen LogP contribution in [0.3, 0.4) is 0 Å². The highest BCUT2D eigenvalue weighted by atomic mass is 32.1. The molecule has 2 aliphatic heterocycles. The van der Waals surface area contributed by atoms with E-state index in [1.807, 2.05) is 30.3 Å². The zero-order valence-corrected chi connectivity index (χ0v) is 19.6. The van der Waals surface area contributed by atoms with Gasteiger partial charge in [0.25, 0.3) is 0 Å². The van der Waals surface area contributed by atoms with Gasteiger partial charge in [0, 0.05) is 36.6 Å². The minimum absolute atomic E-state index is 0.00428. The van der Waals surface area contributed by atoms with Gasteiger partial charge in [-0.2, -0.15) is 0 Å². The first-order valence-corrected chi connectivity index (χ1v) is 12.0. The summed E-state index contributed by atoms with van der Waals surface area (Å²) in [6.07, 6.45) is 0.240. The molecule has 2 aromatic carbocycles. The van der Waals surface area contributed by atoms with Crippen LogP contribution in [0, 0.1) is 5.92 Å². The molecule has 1 atom stereocenters. The molecule has 3 heterocycles. The second kappa shape index (κ2) is 10.1. The van der Waals surface area contributed by atoms with E-state index in [0.29, 0.717) is 34.4 Å². The molecular formula is C25H23N3O6S.